The van der Waals surface area contributed by atoms with E-state index in [0.717, 1.165) is 34.8 Å². The van der Waals surface area contributed by atoms with Crippen LogP contribution in [-0.4, -0.2) is 21.6 Å². The third-order valence-corrected chi connectivity index (χ3v) is 3.13. The number of benzene rings is 1. The Hall–Kier alpha value is -2.36. The van der Waals surface area contributed by atoms with Crippen molar-refractivity contribution in [1.82, 2.24) is 14.5 Å². The maximum Gasteiger partial charge on any atom is 0.164 e. The topological polar surface area (TPSA) is 39.9 Å². The first-order chi connectivity index (χ1) is 9.33. The molecule has 1 aromatic carbocycles. The number of rotatable bonds is 3. The molecule has 4 nitrogen and oxygen atoms in total. The van der Waals surface area contributed by atoms with Crippen LogP contribution < -0.4 is 4.74 Å². The van der Waals surface area contributed by atoms with Crippen LogP contribution in [0.3, 0.4) is 0 Å². The molecule has 0 spiro atoms. The molecule has 0 aliphatic rings. The summed E-state index contributed by atoms with van der Waals surface area (Å²) in [7, 11) is 1.67. The van der Waals surface area contributed by atoms with Crippen molar-refractivity contribution in [2.24, 2.45) is 0 Å². The Morgan fingerprint density at radius 1 is 1.16 bits per heavy atom. The second-order valence-corrected chi connectivity index (χ2v) is 4.26. The van der Waals surface area contributed by atoms with Gasteiger partial charge in [0.15, 0.2) is 5.65 Å². The number of hydrogen-bond acceptors (Lipinski definition) is 3. The van der Waals surface area contributed by atoms with Crippen LogP contribution in [0.1, 0.15) is 12.7 Å². The van der Waals surface area contributed by atoms with Crippen molar-refractivity contribution in [2.45, 2.75) is 13.3 Å². The lowest BCUT2D eigenvalue weighted by molar-refractivity contribution is 0.414. The predicted octanol–water partition coefficient (Wildman–Crippen LogP) is 2.99. The average molecular weight is 253 g/mol. The van der Waals surface area contributed by atoms with Crippen LogP contribution in [0.4, 0.5) is 0 Å². The van der Waals surface area contributed by atoms with Gasteiger partial charge in [0.1, 0.15) is 17.1 Å². The Morgan fingerprint density at radius 3 is 2.63 bits per heavy atom. The highest BCUT2D eigenvalue weighted by atomic mass is 16.5. The SMILES string of the molecule is CCc1nc2cccnc2n1-c1ccc(OC)cc1. The quantitative estimate of drug-likeness (QED) is 0.720. The molecule has 0 bridgehead atoms. The summed E-state index contributed by atoms with van der Waals surface area (Å²) < 4.78 is 7.28. The first-order valence-electron chi connectivity index (χ1n) is 6.30. The van der Waals surface area contributed by atoms with Gasteiger partial charge < -0.3 is 4.74 Å². The van der Waals surface area contributed by atoms with Crippen LogP contribution in [0.25, 0.3) is 16.9 Å². The van der Waals surface area contributed by atoms with Crippen molar-refractivity contribution in [3.63, 3.8) is 0 Å². The van der Waals surface area contributed by atoms with Gasteiger partial charge in [0.05, 0.1) is 7.11 Å². The minimum atomic E-state index is 0.846. The summed E-state index contributed by atoms with van der Waals surface area (Å²) in [4.78, 5) is 9.06. The molecule has 3 aromatic rings. The molecule has 0 radical (unpaired) electrons. The van der Waals surface area contributed by atoms with E-state index in [2.05, 4.69) is 21.5 Å². The Morgan fingerprint density at radius 2 is 1.95 bits per heavy atom. The van der Waals surface area contributed by atoms with Crippen LogP contribution in [0, 0.1) is 0 Å². The van der Waals surface area contributed by atoms with Crippen molar-refractivity contribution in [3.05, 3.63) is 48.4 Å². The summed E-state index contributed by atoms with van der Waals surface area (Å²) in [5.41, 5.74) is 2.87. The summed E-state index contributed by atoms with van der Waals surface area (Å²) >= 11 is 0. The van der Waals surface area contributed by atoms with Gasteiger partial charge in [0.2, 0.25) is 0 Å². The van der Waals surface area contributed by atoms with Gasteiger partial charge in [0, 0.05) is 18.3 Å². The molecular weight excluding hydrogens is 238 g/mol. The molecule has 19 heavy (non-hydrogen) atoms. The molecule has 0 fully saturated rings. The lowest BCUT2D eigenvalue weighted by atomic mass is 10.3. The first kappa shape index (κ1) is 11.7. The van der Waals surface area contributed by atoms with Gasteiger partial charge >= 0.3 is 0 Å². The van der Waals surface area contributed by atoms with Gasteiger partial charge in [-0.25, -0.2) is 9.97 Å². The molecule has 2 heterocycles. The molecule has 0 unspecified atom stereocenters. The number of hydrogen-bond donors (Lipinski definition) is 0. The number of nitrogens with zero attached hydrogens (tertiary/aromatic N) is 3. The van der Waals surface area contributed by atoms with Crippen LogP contribution in [-0.2, 0) is 6.42 Å². The zero-order valence-electron chi connectivity index (χ0n) is 11.0. The van der Waals surface area contributed by atoms with Crippen LogP contribution in [0.2, 0.25) is 0 Å². The van der Waals surface area contributed by atoms with Gasteiger partial charge in [-0.3, -0.25) is 4.57 Å². The Balaban J connectivity index is 2.21. The fraction of sp³-hybridized carbons (Fsp3) is 0.200. The molecule has 0 saturated carbocycles. The van der Waals surface area contributed by atoms with Crippen LogP contribution in [0.15, 0.2) is 42.6 Å². The third-order valence-electron chi connectivity index (χ3n) is 3.13. The molecule has 0 saturated heterocycles. The molecule has 3 rings (SSSR count). The molecular formula is C15H15N3O. The van der Waals surface area contributed by atoms with Crippen LogP contribution >= 0.6 is 0 Å². The van der Waals surface area contributed by atoms with E-state index in [-0.39, 0.29) is 0 Å². The van der Waals surface area contributed by atoms with Gasteiger partial charge in [-0.1, -0.05) is 6.92 Å². The Kier molecular flexibility index (Phi) is 2.91. The van der Waals surface area contributed by atoms with Crippen LogP contribution in [0.5, 0.6) is 5.75 Å². The normalized spacial score (nSPS) is 10.8. The molecule has 0 N–H and O–H groups in total. The number of ether oxygens (including phenoxy) is 1. The van der Waals surface area contributed by atoms with E-state index < -0.39 is 0 Å². The van der Waals surface area contributed by atoms with E-state index in [1.165, 1.54) is 0 Å². The standard InChI is InChI=1S/C15H15N3O/c1-3-14-17-13-5-4-10-16-15(13)18(14)11-6-8-12(19-2)9-7-11/h4-10H,3H2,1-2H3. The van der Waals surface area contributed by atoms with E-state index in [0.29, 0.717) is 0 Å². The maximum absolute atomic E-state index is 5.19. The Labute approximate surface area is 111 Å². The third kappa shape index (κ3) is 1.95. The number of aromatic nitrogens is 3. The summed E-state index contributed by atoms with van der Waals surface area (Å²) in [5, 5.41) is 0. The molecule has 0 aliphatic heterocycles. The van der Waals surface area contributed by atoms with Gasteiger partial charge in [0.25, 0.3) is 0 Å². The monoisotopic (exact) mass is 253 g/mol. The summed E-state index contributed by atoms with van der Waals surface area (Å²) in [6.45, 7) is 2.10. The van der Waals surface area contributed by atoms with E-state index in [1.54, 1.807) is 13.3 Å². The highest BCUT2D eigenvalue weighted by Crippen LogP contribution is 2.22. The minimum Gasteiger partial charge on any atom is -0.497 e. The predicted molar refractivity (Wildman–Crippen MR) is 74.8 cm³/mol. The van der Waals surface area contributed by atoms with Gasteiger partial charge in [-0.05, 0) is 36.4 Å². The molecule has 2 aromatic heterocycles. The molecule has 0 amide bonds. The minimum absolute atomic E-state index is 0.846. The number of fused-ring (bicyclic) bond motifs is 1. The highest BCUT2D eigenvalue weighted by Gasteiger charge is 2.11. The van der Waals surface area contributed by atoms with Crippen molar-refractivity contribution in [3.8, 4) is 11.4 Å². The lowest BCUT2D eigenvalue weighted by Gasteiger charge is -2.08. The number of aryl methyl sites for hydroxylation is 1. The highest BCUT2D eigenvalue weighted by molar-refractivity contribution is 5.73. The van der Waals surface area contributed by atoms with E-state index >= 15 is 0 Å². The Bertz CT molecular complexity index is 701. The number of methoxy groups -OCH3 is 1. The molecule has 0 aliphatic carbocycles. The lowest BCUT2D eigenvalue weighted by Crippen LogP contribution is -2.00. The second-order valence-electron chi connectivity index (χ2n) is 4.26. The number of pyridine rings is 1. The molecule has 96 valence electrons. The van der Waals surface area contributed by atoms with E-state index in [9.17, 15) is 0 Å². The van der Waals surface area contributed by atoms with Gasteiger partial charge in [-0.15, -0.1) is 0 Å². The van der Waals surface area contributed by atoms with Gasteiger partial charge in [-0.2, -0.15) is 0 Å². The van der Waals surface area contributed by atoms with Crippen molar-refractivity contribution in [1.29, 1.82) is 0 Å². The fourth-order valence-electron chi connectivity index (χ4n) is 2.20. The molecule has 0 atom stereocenters. The van der Waals surface area contributed by atoms with Crippen molar-refractivity contribution >= 4 is 11.2 Å². The zero-order chi connectivity index (χ0) is 13.2. The average Bonchev–Trinajstić information content (AvgIpc) is 2.86. The zero-order valence-corrected chi connectivity index (χ0v) is 11.0. The summed E-state index contributed by atoms with van der Waals surface area (Å²) in [6, 6.07) is 11.8. The number of imidazole rings is 1. The van der Waals surface area contributed by atoms with E-state index in [4.69, 9.17) is 4.74 Å². The van der Waals surface area contributed by atoms with E-state index in [1.807, 2.05) is 36.4 Å². The maximum atomic E-state index is 5.19. The summed E-state index contributed by atoms with van der Waals surface area (Å²) in [5.74, 6) is 1.86. The second kappa shape index (κ2) is 4.72. The smallest absolute Gasteiger partial charge is 0.164 e. The fourth-order valence-corrected chi connectivity index (χ4v) is 2.20. The summed E-state index contributed by atoms with van der Waals surface area (Å²) in [6.07, 6.45) is 2.66. The first-order valence-corrected chi connectivity index (χ1v) is 6.30. The van der Waals surface area contributed by atoms with Crippen molar-refractivity contribution < 1.29 is 4.74 Å². The largest absolute Gasteiger partial charge is 0.497 e. The molecule has 4 heteroatoms. The van der Waals surface area contributed by atoms with Crippen molar-refractivity contribution in [2.75, 3.05) is 7.11 Å².